The molecule has 0 saturated heterocycles. The zero-order chi connectivity index (χ0) is 10.3. The maximum absolute atomic E-state index is 6.17. The van der Waals surface area contributed by atoms with Crippen molar-refractivity contribution in [2.24, 2.45) is 5.73 Å². The number of ether oxygens (including phenoxy) is 1. The van der Waals surface area contributed by atoms with Crippen LogP contribution in [0.4, 0.5) is 0 Å². The van der Waals surface area contributed by atoms with Crippen molar-refractivity contribution in [3.63, 3.8) is 0 Å². The third-order valence-electron chi connectivity index (χ3n) is 3.13. The van der Waals surface area contributed by atoms with Gasteiger partial charge in [-0.1, -0.05) is 39.0 Å². The summed E-state index contributed by atoms with van der Waals surface area (Å²) in [4.78, 5) is 0. The molecule has 0 heterocycles. The lowest BCUT2D eigenvalue weighted by Gasteiger charge is -2.23. The lowest BCUT2D eigenvalue weighted by atomic mass is 10.0. The van der Waals surface area contributed by atoms with E-state index in [2.05, 4.69) is 6.92 Å². The second kappa shape index (κ2) is 6.41. The Morgan fingerprint density at radius 2 is 1.86 bits per heavy atom. The highest BCUT2D eigenvalue weighted by atomic mass is 16.5. The summed E-state index contributed by atoms with van der Waals surface area (Å²) in [5.74, 6) is 0. The van der Waals surface area contributed by atoms with Crippen LogP contribution in [0.5, 0.6) is 0 Å². The Bertz CT molecular complexity index is 141. The van der Waals surface area contributed by atoms with Crippen molar-refractivity contribution in [1.82, 2.24) is 0 Å². The van der Waals surface area contributed by atoms with Crippen molar-refractivity contribution in [3.05, 3.63) is 0 Å². The summed E-state index contributed by atoms with van der Waals surface area (Å²) >= 11 is 0. The van der Waals surface area contributed by atoms with Crippen LogP contribution < -0.4 is 5.73 Å². The molecule has 1 aliphatic carbocycles. The molecule has 0 aliphatic heterocycles. The van der Waals surface area contributed by atoms with Crippen LogP contribution in [0.15, 0.2) is 0 Å². The first kappa shape index (κ1) is 12.0. The number of unbranched alkanes of at least 4 members (excludes halogenated alkanes) is 3. The van der Waals surface area contributed by atoms with Gasteiger partial charge in [-0.25, -0.2) is 0 Å². The highest BCUT2D eigenvalue weighted by Gasteiger charge is 2.29. The Morgan fingerprint density at radius 3 is 2.50 bits per heavy atom. The molecule has 0 aromatic carbocycles. The van der Waals surface area contributed by atoms with Gasteiger partial charge in [0.05, 0.1) is 6.61 Å². The average Bonchev–Trinajstić information content (AvgIpc) is 2.59. The SMILES string of the molecule is CCCCCCOCC1(N)CCCC1. The number of rotatable bonds is 7. The molecule has 84 valence electrons. The quantitative estimate of drug-likeness (QED) is 0.640. The van der Waals surface area contributed by atoms with Gasteiger partial charge in [-0.2, -0.15) is 0 Å². The summed E-state index contributed by atoms with van der Waals surface area (Å²) in [6.45, 7) is 3.91. The van der Waals surface area contributed by atoms with E-state index in [1.165, 1.54) is 38.5 Å². The predicted octanol–water partition coefficient (Wildman–Crippen LogP) is 2.85. The van der Waals surface area contributed by atoms with Crippen LogP contribution in [0.1, 0.15) is 58.3 Å². The molecule has 0 spiro atoms. The lowest BCUT2D eigenvalue weighted by Crippen LogP contribution is -2.41. The molecule has 0 bridgehead atoms. The molecule has 0 aromatic heterocycles. The first-order valence-electron chi connectivity index (χ1n) is 6.13. The maximum Gasteiger partial charge on any atom is 0.0646 e. The van der Waals surface area contributed by atoms with E-state index in [0.29, 0.717) is 0 Å². The Balaban J connectivity index is 1.92. The van der Waals surface area contributed by atoms with Gasteiger partial charge in [-0.15, -0.1) is 0 Å². The topological polar surface area (TPSA) is 35.2 Å². The van der Waals surface area contributed by atoms with E-state index in [-0.39, 0.29) is 5.54 Å². The minimum absolute atomic E-state index is 0.0186. The van der Waals surface area contributed by atoms with Crippen LogP contribution in [0.3, 0.4) is 0 Å². The molecule has 2 nitrogen and oxygen atoms in total. The predicted molar refractivity (Wildman–Crippen MR) is 60.3 cm³/mol. The highest BCUT2D eigenvalue weighted by Crippen LogP contribution is 2.27. The summed E-state index contributed by atoms with van der Waals surface area (Å²) in [5, 5.41) is 0. The molecule has 0 radical (unpaired) electrons. The van der Waals surface area contributed by atoms with Crippen molar-refractivity contribution in [2.75, 3.05) is 13.2 Å². The van der Waals surface area contributed by atoms with Crippen LogP contribution >= 0.6 is 0 Å². The molecule has 0 atom stereocenters. The van der Waals surface area contributed by atoms with Crippen molar-refractivity contribution < 1.29 is 4.74 Å². The summed E-state index contributed by atoms with van der Waals surface area (Å²) in [6.07, 6.45) is 10.0. The van der Waals surface area contributed by atoms with Gasteiger partial charge in [0.15, 0.2) is 0 Å². The molecular weight excluding hydrogens is 174 g/mol. The molecule has 2 heteroatoms. The highest BCUT2D eigenvalue weighted by molar-refractivity contribution is 4.88. The van der Waals surface area contributed by atoms with Gasteiger partial charge in [-0.3, -0.25) is 0 Å². The zero-order valence-electron chi connectivity index (χ0n) is 9.56. The molecule has 1 fully saturated rings. The third-order valence-corrected chi connectivity index (χ3v) is 3.13. The summed E-state index contributed by atoms with van der Waals surface area (Å²) < 4.78 is 5.64. The monoisotopic (exact) mass is 199 g/mol. The average molecular weight is 199 g/mol. The Morgan fingerprint density at radius 1 is 1.14 bits per heavy atom. The van der Waals surface area contributed by atoms with E-state index in [0.717, 1.165) is 26.1 Å². The van der Waals surface area contributed by atoms with Crippen LogP contribution in [0.25, 0.3) is 0 Å². The standard InChI is InChI=1S/C12H25NO/c1-2-3-4-7-10-14-11-12(13)8-5-6-9-12/h2-11,13H2,1H3. The van der Waals surface area contributed by atoms with Gasteiger partial charge in [0.2, 0.25) is 0 Å². The summed E-state index contributed by atoms with van der Waals surface area (Å²) in [7, 11) is 0. The van der Waals surface area contributed by atoms with Gasteiger partial charge in [0, 0.05) is 12.1 Å². The minimum atomic E-state index is 0.0186. The van der Waals surface area contributed by atoms with Crippen molar-refractivity contribution >= 4 is 0 Å². The molecule has 1 saturated carbocycles. The van der Waals surface area contributed by atoms with Gasteiger partial charge >= 0.3 is 0 Å². The van der Waals surface area contributed by atoms with Crippen molar-refractivity contribution in [2.45, 2.75) is 63.8 Å². The second-order valence-corrected chi connectivity index (χ2v) is 4.68. The summed E-state index contributed by atoms with van der Waals surface area (Å²) in [5.41, 5.74) is 6.19. The Labute approximate surface area is 88.2 Å². The fraction of sp³-hybridized carbons (Fsp3) is 1.00. The smallest absolute Gasteiger partial charge is 0.0646 e. The van der Waals surface area contributed by atoms with Crippen LogP contribution in [0.2, 0.25) is 0 Å². The van der Waals surface area contributed by atoms with E-state index in [1.54, 1.807) is 0 Å². The second-order valence-electron chi connectivity index (χ2n) is 4.68. The first-order chi connectivity index (χ1) is 6.77. The Hall–Kier alpha value is -0.0800. The molecule has 14 heavy (non-hydrogen) atoms. The van der Waals surface area contributed by atoms with E-state index in [1.807, 2.05) is 0 Å². The number of hydrogen-bond acceptors (Lipinski definition) is 2. The van der Waals surface area contributed by atoms with Crippen molar-refractivity contribution in [1.29, 1.82) is 0 Å². The number of hydrogen-bond donors (Lipinski definition) is 1. The van der Waals surface area contributed by atoms with Gasteiger partial charge in [-0.05, 0) is 19.3 Å². The van der Waals surface area contributed by atoms with Crippen LogP contribution in [-0.4, -0.2) is 18.8 Å². The fourth-order valence-corrected chi connectivity index (χ4v) is 2.13. The van der Waals surface area contributed by atoms with Crippen LogP contribution in [-0.2, 0) is 4.74 Å². The largest absolute Gasteiger partial charge is 0.380 e. The van der Waals surface area contributed by atoms with E-state index in [9.17, 15) is 0 Å². The molecular formula is C12H25NO. The van der Waals surface area contributed by atoms with Crippen molar-refractivity contribution in [3.8, 4) is 0 Å². The molecule has 0 amide bonds. The molecule has 0 aromatic rings. The summed E-state index contributed by atoms with van der Waals surface area (Å²) in [6, 6.07) is 0. The van der Waals surface area contributed by atoms with E-state index >= 15 is 0 Å². The molecule has 1 aliphatic rings. The molecule has 1 rings (SSSR count). The first-order valence-corrected chi connectivity index (χ1v) is 6.13. The van der Waals surface area contributed by atoms with Crippen LogP contribution in [0, 0.1) is 0 Å². The molecule has 0 unspecified atom stereocenters. The third kappa shape index (κ3) is 4.43. The van der Waals surface area contributed by atoms with Gasteiger partial charge < -0.3 is 10.5 Å². The van der Waals surface area contributed by atoms with E-state index in [4.69, 9.17) is 10.5 Å². The fourth-order valence-electron chi connectivity index (χ4n) is 2.13. The maximum atomic E-state index is 6.17. The number of nitrogens with two attached hydrogens (primary N) is 1. The lowest BCUT2D eigenvalue weighted by molar-refractivity contribution is 0.0839. The Kier molecular flexibility index (Phi) is 5.49. The normalized spacial score (nSPS) is 20.1. The minimum Gasteiger partial charge on any atom is -0.380 e. The van der Waals surface area contributed by atoms with Gasteiger partial charge in [0.25, 0.3) is 0 Å². The zero-order valence-corrected chi connectivity index (χ0v) is 9.56. The molecule has 2 N–H and O–H groups in total. The van der Waals surface area contributed by atoms with E-state index < -0.39 is 0 Å². The van der Waals surface area contributed by atoms with Gasteiger partial charge in [0.1, 0.15) is 0 Å².